The third-order valence-corrected chi connectivity index (χ3v) is 5.85. The predicted molar refractivity (Wildman–Crippen MR) is 104 cm³/mol. The van der Waals surface area contributed by atoms with Gasteiger partial charge >= 0.3 is 0 Å². The standard InChI is InChI=1S/C20H29ClFN3O/c1-4-23-18(25-9-7-20(13-25)8-10-26-14-20)24-12-19(2,3)16-6-5-15(22)11-17(16)21/h5-6,11H,4,7-10,12-14H2,1-3H3,(H,23,24). The van der Waals surface area contributed by atoms with E-state index in [1.807, 2.05) is 0 Å². The average molecular weight is 382 g/mol. The molecule has 1 aromatic rings. The second-order valence-electron chi connectivity index (χ2n) is 8.15. The van der Waals surface area contributed by atoms with E-state index in [1.54, 1.807) is 6.07 Å². The molecule has 2 fully saturated rings. The maximum Gasteiger partial charge on any atom is 0.193 e. The fourth-order valence-electron chi connectivity index (χ4n) is 3.91. The first-order chi connectivity index (χ1) is 12.4. The van der Waals surface area contributed by atoms with Crippen LogP contribution in [-0.4, -0.2) is 50.3 Å². The highest BCUT2D eigenvalue weighted by Gasteiger charge is 2.42. The molecule has 0 amide bonds. The lowest BCUT2D eigenvalue weighted by Gasteiger charge is -2.28. The van der Waals surface area contributed by atoms with Gasteiger partial charge in [0.2, 0.25) is 0 Å². The molecule has 2 aliphatic rings. The molecule has 2 saturated heterocycles. The Hall–Kier alpha value is -1.33. The van der Waals surface area contributed by atoms with Gasteiger partial charge in [0.15, 0.2) is 5.96 Å². The fraction of sp³-hybridized carbons (Fsp3) is 0.650. The first-order valence-corrected chi connectivity index (χ1v) is 9.80. The Bertz CT molecular complexity index is 671. The highest BCUT2D eigenvalue weighted by atomic mass is 35.5. The molecule has 0 aromatic heterocycles. The summed E-state index contributed by atoms with van der Waals surface area (Å²) in [6.07, 6.45) is 2.30. The number of aliphatic imine (C=N–C) groups is 1. The number of ether oxygens (including phenoxy) is 1. The van der Waals surface area contributed by atoms with Crippen LogP contribution in [0.3, 0.4) is 0 Å². The maximum absolute atomic E-state index is 13.4. The van der Waals surface area contributed by atoms with Crippen molar-refractivity contribution in [2.24, 2.45) is 10.4 Å². The fourth-order valence-corrected chi connectivity index (χ4v) is 4.33. The van der Waals surface area contributed by atoms with Crippen molar-refractivity contribution in [1.29, 1.82) is 0 Å². The molecule has 26 heavy (non-hydrogen) atoms. The average Bonchev–Trinajstić information content (AvgIpc) is 3.21. The Morgan fingerprint density at radius 3 is 2.88 bits per heavy atom. The van der Waals surface area contributed by atoms with E-state index in [2.05, 4.69) is 31.0 Å². The van der Waals surface area contributed by atoms with E-state index in [0.717, 1.165) is 57.2 Å². The first kappa shape index (κ1) is 19.4. The lowest BCUT2D eigenvalue weighted by atomic mass is 9.84. The van der Waals surface area contributed by atoms with Crippen molar-refractivity contribution in [3.8, 4) is 0 Å². The number of nitrogens with zero attached hydrogens (tertiary/aromatic N) is 2. The van der Waals surface area contributed by atoms with E-state index in [4.69, 9.17) is 21.3 Å². The first-order valence-electron chi connectivity index (χ1n) is 9.42. The molecule has 1 N–H and O–H groups in total. The summed E-state index contributed by atoms with van der Waals surface area (Å²) in [4.78, 5) is 7.25. The predicted octanol–water partition coefficient (Wildman–Crippen LogP) is 3.83. The molecule has 0 saturated carbocycles. The van der Waals surface area contributed by atoms with Crippen LogP contribution in [-0.2, 0) is 10.2 Å². The molecule has 0 radical (unpaired) electrons. The molecule has 1 spiro atoms. The monoisotopic (exact) mass is 381 g/mol. The van der Waals surface area contributed by atoms with Gasteiger partial charge < -0.3 is 15.0 Å². The quantitative estimate of drug-likeness (QED) is 0.636. The summed E-state index contributed by atoms with van der Waals surface area (Å²) >= 11 is 6.27. The Morgan fingerprint density at radius 2 is 2.23 bits per heavy atom. The molecule has 1 atom stereocenters. The van der Waals surface area contributed by atoms with Gasteiger partial charge in [-0.25, -0.2) is 4.39 Å². The van der Waals surface area contributed by atoms with Crippen LogP contribution in [0.5, 0.6) is 0 Å². The second-order valence-corrected chi connectivity index (χ2v) is 8.56. The summed E-state index contributed by atoms with van der Waals surface area (Å²) in [6.45, 7) is 11.4. The topological polar surface area (TPSA) is 36.9 Å². The number of hydrogen-bond acceptors (Lipinski definition) is 2. The van der Waals surface area contributed by atoms with E-state index in [1.165, 1.54) is 12.1 Å². The van der Waals surface area contributed by atoms with Crippen LogP contribution >= 0.6 is 11.6 Å². The normalized spacial score (nSPS) is 23.9. The van der Waals surface area contributed by atoms with Gasteiger partial charge in [-0.05, 0) is 37.5 Å². The molecule has 1 unspecified atom stereocenters. The van der Waals surface area contributed by atoms with E-state index in [0.29, 0.717) is 17.0 Å². The molecule has 3 rings (SSSR count). The number of nitrogens with one attached hydrogen (secondary N) is 1. The van der Waals surface area contributed by atoms with Gasteiger partial charge in [-0.3, -0.25) is 4.99 Å². The Morgan fingerprint density at radius 1 is 1.42 bits per heavy atom. The molecule has 0 aliphatic carbocycles. The summed E-state index contributed by atoms with van der Waals surface area (Å²) < 4.78 is 19.0. The number of halogens is 2. The summed E-state index contributed by atoms with van der Waals surface area (Å²) in [7, 11) is 0. The van der Waals surface area contributed by atoms with Crippen molar-refractivity contribution < 1.29 is 9.13 Å². The number of hydrogen-bond donors (Lipinski definition) is 1. The lowest BCUT2D eigenvalue weighted by molar-refractivity contribution is 0.156. The SMILES string of the molecule is CCNC(=NCC(C)(C)c1ccc(F)cc1Cl)N1CCC2(CCOC2)C1. The Kier molecular flexibility index (Phi) is 5.78. The molecule has 144 valence electrons. The Labute approximate surface area is 160 Å². The van der Waals surface area contributed by atoms with Crippen LogP contribution in [0.4, 0.5) is 4.39 Å². The van der Waals surface area contributed by atoms with Gasteiger partial charge in [0.25, 0.3) is 0 Å². The number of guanidine groups is 1. The molecule has 1 aromatic carbocycles. The smallest absolute Gasteiger partial charge is 0.193 e. The van der Waals surface area contributed by atoms with Crippen LogP contribution in [0.1, 0.15) is 39.2 Å². The minimum Gasteiger partial charge on any atom is -0.381 e. The summed E-state index contributed by atoms with van der Waals surface area (Å²) in [5.74, 6) is 0.634. The van der Waals surface area contributed by atoms with Crippen LogP contribution in [0.15, 0.2) is 23.2 Å². The van der Waals surface area contributed by atoms with Crippen molar-refractivity contribution in [2.75, 3.05) is 39.4 Å². The minimum absolute atomic E-state index is 0.278. The van der Waals surface area contributed by atoms with Gasteiger partial charge in [-0.1, -0.05) is 31.5 Å². The van der Waals surface area contributed by atoms with Gasteiger partial charge in [0, 0.05) is 42.1 Å². The summed E-state index contributed by atoms with van der Waals surface area (Å²) in [5.41, 5.74) is 0.938. The Balaban J connectivity index is 1.74. The number of benzene rings is 1. The zero-order valence-electron chi connectivity index (χ0n) is 15.9. The van der Waals surface area contributed by atoms with Gasteiger partial charge in [-0.15, -0.1) is 0 Å². The molecule has 2 heterocycles. The van der Waals surface area contributed by atoms with Crippen LogP contribution < -0.4 is 5.32 Å². The van der Waals surface area contributed by atoms with E-state index >= 15 is 0 Å². The van der Waals surface area contributed by atoms with Gasteiger partial charge in [-0.2, -0.15) is 0 Å². The maximum atomic E-state index is 13.4. The van der Waals surface area contributed by atoms with E-state index in [9.17, 15) is 4.39 Å². The van der Waals surface area contributed by atoms with Crippen molar-refractivity contribution in [1.82, 2.24) is 10.2 Å². The highest BCUT2D eigenvalue weighted by molar-refractivity contribution is 6.31. The third kappa shape index (κ3) is 4.15. The zero-order valence-corrected chi connectivity index (χ0v) is 16.7. The number of likely N-dealkylation sites (tertiary alicyclic amines) is 1. The van der Waals surface area contributed by atoms with Crippen molar-refractivity contribution in [2.45, 2.75) is 39.0 Å². The molecule has 0 bridgehead atoms. The lowest BCUT2D eigenvalue weighted by Crippen LogP contribution is -2.42. The van der Waals surface area contributed by atoms with Crippen molar-refractivity contribution in [3.05, 3.63) is 34.6 Å². The minimum atomic E-state index is -0.312. The molecular formula is C20H29ClFN3O. The molecule has 6 heteroatoms. The van der Waals surface area contributed by atoms with Gasteiger partial charge in [0.05, 0.1) is 13.2 Å². The largest absolute Gasteiger partial charge is 0.381 e. The zero-order chi connectivity index (χ0) is 18.8. The molecule has 2 aliphatic heterocycles. The van der Waals surface area contributed by atoms with E-state index < -0.39 is 0 Å². The second kappa shape index (κ2) is 7.73. The van der Waals surface area contributed by atoms with E-state index in [-0.39, 0.29) is 11.2 Å². The summed E-state index contributed by atoms with van der Waals surface area (Å²) in [6, 6.07) is 4.60. The van der Waals surface area contributed by atoms with Gasteiger partial charge in [0.1, 0.15) is 5.82 Å². The highest BCUT2D eigenvalue weighted by Crippen LogP contribution is 2.38. The summed E-state index contributed by atoms with van der Waals surface area (Å²) in [5, 5.41) is 3.88. The van der Waals surface area contributed by atoms with Crippen molar-refractivity contribution in [3.63, 3.8) is 0 Å². The number of rotatable bonds is 4. The van der Waals surface area contributed by atoms with Crippen LogP contribution in [0.25, 0.3) is 0 Å². The molecular weight excluding hydrogens is 353 g/mol. The van der Waals surface area contributed by atoms with Crippen molar-refractivity contribution >= 4 is 17.6 Å². The third-order valence-electron chi connectivity index (χ3n) is 5.54. The van der Waals surface area contributed by atoms with Crippen LogP contribution in [0, 0.1) is 11.2 Å². The molecule has 4 nitrogen and oxygen atoms in total. The van der Waals surface area contributed by atoms with Crippen LogP contribution in [0.2, 0.25) is 5.02 Å².